The maximum Gasteiger partial charge on any atom is 0.410 e. The van der Waals surface area contributed by atoms with Crippen LogP contribution in [0.3, 0.4) is 0 Å². The van der Waals surface area contributed by atoms with Crippen LogP contribution in [0.25, 0.3) is 0 Å². The lowest BCUT2D eigenvalue weighted by atomic mass is 9.92. The van der Waals surface area contributed by atoms with Crippen LogP contribution in [0.2, 0.25) is 0 Å². The Kier molecular flexibility index (Phi) is 3.82. The first-order valence-electron chi connectivity index (χ1n) is 6.73. The highest BCUT2D eigenvalue weighted by molar-refractivity contribution is 5.68. The summed E-state index contributed by atoms with van der Waals surface area (Å²) in [6.45, 7) is 9.40. The largest absolute Gasteiger partial charge is 0.444 e. The van der Waals surface area contributed by atoms with Gasteiger partial charge < -0.3 is 19.7 Å². The second kappa shape index (κ2) is 5.05. The Morgan fingerprint density at radius 3 is 2.83 bits per heavy atom. The van der Waals surface area contributed by atoms with Gasteiger partial charge in [-0.3, -0.25) is 0 Å². The zero-order valence-electron chi connectivity index (χ0n) is 11.6. The van der Waals surface area contributed by atoms with Gasteiger partial charge in [0, 0.05) is 13.1 Å². The summed E-state index contributed by atoms with van der Waals surface area (Å²) in [4.78, 5) is 13.8. The molecule has 0 bridgehead atoms. The third-order valence-electron chi connectivity index (χ3n) is 3.33. The van der Waals surface area contributed by atoms with Crippen molar-refractivity contribution in [1.82, 2.24) is 10.2 Å². The van der Waals surface area contributed by atoms with E-state index in [9.17, 15) is 4.79 Å². The molecule has 2 fully saturated rings. The average Bonchev–Trinajstić information content (AvgIpc) is 2.28. The van der Waals surface area contributed by atoms with Gasteiger partial charge in [-0.25, -0.2) is 4.79 Å². The maximum absolute atomic E-state index is 12.1. The summed E-state index contributed by atoms with van der Waals surface area (Å²) >= 11 is 0. The smallest absolute Gasteiger partial charge is 0.410 e. The molecule has 2 heterocycles. The quantitative estimate of drug-likeness (QED) is 0.711. The average molecular weight is 256 g/mol. The first-order valence-corrected chi connectivity index (χ1v) is 6.73. The van der Waals surface area contributed by atoms with Gasteiger partial charge in [-0.15, -0.1) is 0 Å². The molecule has 2 aliphatic heterocycles. The number of ether oxygens (including phenoxy) is 2. The first-order chi connectivity index (χ1) is 8.40. The predicted octanol–water partition coefficient (Wildman–Crippen LogP) is 1.38. The fourth-order valence-corrected chi connectivity index (χ4v) is 2.53. The normalized spacial score (nSPS) is 29.4. The van der Waals surface area contributed by atoms with E-state index in [0.29, 0.717) is 19.7 Å². The van der Waals surface area contributed by atoms with Crippen molar-refractivity contribution < 1.29 is 14.3 Å². The van der Waals surface area contributed by atoms with Gasteiger partial charge >= 0.3 is 6.09 Å². The van der Waals surface area contributed by atoms with E-state index < -0.39 is 5.60 Å². The second-order valence-electron chi connectivity index (χ2n) is 6.21. The van der Waals surface area contributed by atoms with Crippen LogP contribution >= 0.6 is 0 Å². The Morgan fingerprint density at radius 2 is 2.22 bits per heavy atom. The van der Waals surface area contributed by atoms with Crippen molar-refractivity contribution >= 4 is 6.09 Å². The van der Waals surface area contributed by atoms with E-state index >= 15 is 0 Å². The highest BCUT2D eigenvalue weighted by Crippen LogP contribution is 2.26. The van der Waals surface area contributed by atoms with Gasteiger partial charge in [-0.2, -0.15) is 0 Å². The van der Waals surface area contributed by atoms with Gasteiger partial charge in [0.05, 0.1) is 18.8 Å². The molecule has 1 atom stereocenters. The summed E-state index contributed by atoms with van der Waals surface area (Å²) in [5, 5.41) is 3.35. The molecule has 5 heteroatoms. The summed E-state index contributed by atoms with van der Waals surface area (Å²) in [7, 11) is 0. The van der Waals surface area contributed by atoms with Crippen LogP contribution in [0.1, 0.15) is 33.6 Å². The van der Waals surface area contributed by atoms with Crippen molar-refractivity contribution in [3.8, 4) is 0 Å². The number of nitrogens with zero attached hydrogens (tertiary/aromatic N) is 1. The van der Waals surface area contributed by atoms with Crippen molar-refractivity contribution in [2.75, 3.05) is 32.8 Å². The zero-order valence-corrected chi connectivity index (χ0v) is 11.6. The molecule has 5 nitrogen and oxygen atoms in total. The third kappa shape index (κ3) is 3.36. The van der Waals surface area contributed by atoms with Crippen molar-refractivity contribution in [3.63, 3.8) is 0 Å². The van der Waals surface area contributed by atoms with Crippen molar-refractivity contribution in [2.45, 2.75) is 44.8 Å². The lowest BCUT2D eigenvalue weighted by molar-refractivity contribution is -0.117. The SMILES string of the molecule is CC(C)(C)OC(=O)N1CCO[C@]2(CCCNC2)C1. The highest BCUT2D eigenvalue weighted by atomic mass is 16.6. The fraction of sp³-hybridized carbons (Fsp3) is 0.923. The molecule has 0 saturated carbocycles. The van der Waals surface area contributed by atoms with E-state index in [1.165, 1.54) is 0 Å². The fourth-order valence-electron chi connectivity index (χ4n) is 2.53. The van der Waals surface area contributed by atoms with Crippen LogP contribution in [0.15, 0.2) is 0 Å². The third-order valence-corrected chi connectivity index (χ3v) is 3.33. The molecule has 2 rings (SSSR count). The van der Waals surface area contributed by atoms with Gasteiger partial charge in [0.25, 0.3) is 0 Å². The van der Waals surface area contributed by atoms with Crippen molar-refractivity contribution in [1.29, 1.82) is 0 Å². The van der Waals surface area contributed by atoms with Gasteiger partial charge in [0.15, 0.2) is 0 Å². The van der Waals surface area contributed by atoms with E-state index in [0.717, 1.165) is 25.9 Å². The van der Waals surface area contributed by atoms with E-state index in [1.54, 1.807) is 4.90 Å². The molecular formula is C13H24N2O3. The van der Waals surface area contributed by atoms with Crippen LogP contribution in [-0.4, -0.2) is 55.0 Å². The zero-order chi connectivity index (χ0) is 13.2. The maximum atomic E-state index is 12.1. The monoisotopic (exact) mass is 256 g/mol. The number of hydrogen-bond donors (Lipinski definition) is 1. The minimum Gasteiger partial charge on any atom is -0.444 e. The highest BCUT2D eigenvalue weighted by Gasteiger charge is 2.40. The molecule has 2 aliphatic rings. The summed E-state index contributed by atoms with van der Waals surface area (Å²) in [6.07, 6.45) is 1.89. The van der Waals surface area contributed by atoms with Gasteiger partial charge in [-0.1, -0.05) is 0 Å². The van der Waals surface area contributed by atoms with Crippen LogP contribution < -0.4 is 5.32 Å². The topological polar surface area (TPSA) is 50.8 Å². The molecule has 104 valence electrons. The molecule has 18 heavy (non-hydrogen) atoms. The Hall–Kier alpha value is -0.810. The van der Waals surface area contributed by atoms with E-state index in [-0.39, 0.29) is 11.7 Å². The van der Waals surface area contributed by atoms with Crippen LogP contribution in [0, 0.1) is 0 Å². The molecule has 0 aromatic rings. The van der Waals surface area contributed by atoms with Crippen molar-refractivity contribution in [3.05, 3.63) is 0 Å². The molecule has 2 saturated heterocycles. The predicted molar refractivity (Wildman–Crippen MR) is 68.6 cm³/mol. The van der Waals surface area contributed by atoms with E-state index in [1.807, 2.05) is 20.8 Å². The minimum atomic E-state index is -0.437. The van der Waals surface area contributed by atoms with E-state index in [4.69, 9.17) is 9.47 Å². The summed E-state index contributed by atoms with van der Waals surface area (Å²) in [5.74, 6) is 0. The molecule has 1 amide bonds. The number of rotatable bonds is 0. The number of morpholine rings is 1. The summed E-state index contributed by atoms with van der Waals surface area (Å²) in [5.41, 5.74) is -0.638. The molecule has 0 aromatic heterocycles. The van der Waals surface area contributed by atoms with Crippen LogP contribution in [0.4, 0.5) is 4.79 Å². The number of nitrogens with one attached hydrogen (secondary N) is 1. The number of amides is 1. The lowest BCUT2D eigenvalue weighted by Gasteiger charge is -2.45. The van der Waals surface area contributed by atoms with E-state index in [2.05, 4.69) is 5.32 Å². The molecule has 0 aromatic carbocycles. The first kappa shape index (κ1) is 13.6. The Labute approximate surface area is 109 Å². The summed E-state index contributed by atoms with van der Waals surface area (Å²) in [6, 6.07) is 0. The number of hydrogen-bond acceptors (Lipinski definition) is 4. The summed E-state index contributed by atoms with van der Waals surface area (Å²) < 4.78 is 11.3. The standard InChI is InChI=1S/C13H24N2O3/c1-12(2,3)18-11(16)15-7-8-17-13(10-15)5-4-6-14-9-13/h14H,4-10H2,1-3H3/t13-/m0/s1. The molecule has 0 radical (unpaired) electrons. The van der Waals surface area contributed by atoms with Crippen LogP contribution in [-0.2, 0) is 9.47 Å². The Bertz CT molecular complexity index is 300. The Morgan fingerprint density at radius 1 is 1.44 bits per heavy atom. The number of carbonyl (C=O) groups is 1. The molecule has 0 unspecified atom stereocenters. The van der Waals surface area contributed by atoms with Gasteiger partial charge in [0.1, 0.15) is 5.60 Å². The molecule has 1 spiro atoms. The van der Waals surface area contributed by atoms with Gasteiger partial charge in [0.2, 0.25) is 0 Å². The molecular weight excluding hydrogens is 232 g/mol. The Balaban J connectivity index is 1.95. The van der Waals surface area contributed by atoms with Crippen molar-refractivity contribution in [2.24, 2.45) is 0 Å². The van der Waals surface area contributed by atoms with Gasteiger partial charge in [-0.05, 0) is 40.2 Å². The second-order valence-corrected chi connectivity index (χ2v) is 6.21. The lowest BCUT2D eigenvalue weighted by Crippen LogP contribution is -2.60. The number of piperidine rings is 1. The van der Waals surface area contributed by atoms with Crippen LogP contribution in [0.5, 0.6) is 0 Å². The minimum absolute atomic E-state index is 0.201. The molecule has 0 aliphatic carbocycles. The number of carbonyl (C=O) groups excluding carboxylic acids is 1. The molecule has 1 N–H and O–H groups in total.